The molecule has 1 aromatic carbocycles. The molecule has 0 bridgehead atoms. The molecule has 3 N–H and O–H groups in total. The average Bonchev–Trinajstić information content (AvgIpc) is 2.19. The smallest absolute Gasteiger partial charge is 0.422 e. The van der Waals surface area contributed by atoms with Gasteiger partial charge in [0.05, 0.1) is 23.5 Å². The molecule has 0 spiro atoms. The number of nitrogens with one attached hydrogen (secondary N) is 1. The molecule has 17 heavy (non-hydrogen) atoms. The van der Waals surface area contributed by atoms with Gasteiger partial charge in [0, 0.05) is 6.07 Å². The van der Waals surface area contributed by atoms with Gasteiger partial charge in [0.25, 0.3) is 0 Å². The number of nitrogens with two attached hydrogens (primary N) is 1. The van der Waals surface area contributed by atoms with E-state index in [-0.39, 0.29) is 22.1 Å². The number of nitrogen functional groups attached to an aromatic ring is 1. The molecule has 0 saturated carbocycles. The highest BCUT2D eigenvalue weighted by Gasteiger charge is 2.28. The van der Waals surface area contributed by atoms with Crippen molar-refractivity contribution < 1.29 is 22.7 Å². The Morgan fingerprint density at radius 2 is 2.06 bits per heavy atom. The second-order valence-electron chi connectivity index (χ2n) is 3.08. The Balaban J connectivity index is 2.88. The second kappa shape index (κ2) is 5.33. The summed E-state index contributed by atoms with van der Waals surface area (Å²) >= 11 is 5.77. The molecule has 0 aliphatic heterocycles. The lowest BCUT2D eigenvalue weighted by Gasteiger charge is -2.13. The normalized spacial score (nSPS) is 11.4. The van der Waals surface area contributed by atoms with Crippen LogP contribution in [0.4, 0.5) is 24.5 Å². The summed E-state index contributed by atoms with van der Waals surface area (Å²) in [7, 11) is 1.34. The molecule has 0 aliphatic rings. The zero-order chi connectivity index (χ0) is 13.1. The molecule has 4 nitrogen and oxygen atoms in total. The number of hydrogen-bond acceptors (Lipinski definition) is 4. The van der Waals surface area contributed by atoms with Gasteiger partial charge in [-0.05, 0) is 6.07 Å². The van der Waals surface area contributed by atoms with Crippen molar-refractivity contribution in [2.45, 2.75) is 6.18 Å². The van der Waals surface area contributed by atoms with Crippen LogP contribution in [0.1, 0.15) is 0 Å². The minimum atomic E-state index is -4.43. The van der Waals surface area contributed by atoms with Crippen molar-refractivity contribution in [3.8, 4) is 5.75 Å². The standard InChI is InChI=1S/C9H10ClF3N2O2/c1-16-15-7-3-8(6(14)2-5(7)10)17-4-9(11,12)13/h2-3,15H,4,14H2,1H3. The first-order valence-corrected chi connectivity index (χ1v) is 4.79. The highest BCUT2D eigenvalue weighted by Crippen LogP contribution is 2.33. The Hall–Kier alpha value is -1.34. The topological polar surface area (TPSA) is 56.5 Å². The maximum Gasteiger partial charge on any atom is 0.422 e. The number of hydrogen-bond donors (Lipinski definition) is 2. The van der Waals surface area contributed by atoms with Gasteiger partial charge in [-0.15, -0.1) is 0 Å². The monoisotopic (exact) mass is 270 g/mol. The molecule has 0 atom stereocenters. The van der Waals surface area contributed by atoms with Crippen LogP contribution in [0.2, 0.25) is 5.02 Å². The molecule has 0 heterocycles. The maximum atomic E-state index is 12.0. The van der Waals surface area contributed by atoms with E-state index in [9.17, 15) is 13.2 Å². The molecule has 0 unspecified atom stereocenters. The number of ether oxygens (including phenoxy) is 1. The van der Waals surface area contributed by atoms with Gasteiger partial charge in [-0.1, -0.05) is 11.6 Å². The van der Waals surface area contributed by atoms with Crippen LogP contribution in [0.25, 0.3) is 0 Å². The summed E-state index contributed by atoms with van der Waals surface area (Å²) in [6.45, 7) is -1.43. The van der Waals surface area contributed by atoms with E-state index < -0.39 is 12.8 Å². The summed E-state index contributed by atoms with van der Waals surface area (Å²) in [4.78, 5) is 4.60. The van der Waals surface area contributed by atoms with Crippen LogP contribution in [0.5, 0.6) is 5.75 Å². The first-order chi connectivity index (χ1) is 7.83. The molecule has 0 fully saturated rings. The summed E-state index contributed by atoms with van der Waals surface area (Å²) in [6, 6.07) is 2.50. The van der Waals surface area contributed by atoms with Crippen LogP contribution < -0.4 is 16.0 Å². The summed E-state index contributed by atoms with van der Waals surface area (Å²) in [5.74, 6) is -0.119. The first kappa shape index (κ1) is 13.7. The van der Waals surface area contributed by atoms with Crippen molar-refractivity contribution in [2.75, 3.05) is 24.9 Å². The molecule has 0 amide bonds. The summed E-state index contributed by atoms with van der Waals surface area (Å²) in [5, 5.41) is 0.212. The second-order valence-corrected chi connectivity index (χ2v) is 3.49. The van der Waals surface area contributed by atoms with Crippen molar-refractivity contribution in [3.05, 3.63) is 17.2 Å². The molecule has 1 aromatic rings. The molecular weight excluding hydrogens is 261 g/mol. The van der Waals surface area contributed by atoms with Crippen LogP contribution in [0.15, 0.2) is 12.1 Å². The Labute approximate surface area is 100 Å². The van der Waals surface area contributed by atoms with E-state index in [0.717, 1.165) is 0 Å². The number of anilines is 2. The van der Waals surface area contributed by atoms with Crippen LogP contribution >= 0.6 is 11.6 Å². The van der Waals surface area contributed by atoms with Crippen LogP contribution in [-0.4, -0.2) is 19.9 Å². The van der Waals surface area contributed by atoms with E-state index in [1.807, 2.05) is 0 Å². The predicted molar refractivity (Wildman–Crippen MR) is 58.0 cm³/mol. The number of benzene rings is 1. The average molecular weight is 271 g/mol. The van der Waals surface area contributed by atoms with E-state index in [0.29, 0.717) is 0 Å². The summed E-state index contributed by atoms with van der Waals surface area (Å²) < 4.78 is 40.4. The Bertz CT molecular complexity index is 399. The minimum absolute atomic E-state index is 0.0147. The number of alkyl halides is 3. The van der Waals surface area contributed by atoms with E-state index in [2.05, 4.69) is 15.1 Å². The summed E-state index contributed by atoms with van der Waals surface area (Å²) in [5.41, 5.74) is 8.14. The van der Waals surface area contributed by atoms with E-state index in [1.54, 1.807) is 0 Å². The van der Waals surface area contributed by atoms with Gasteiger partial charge in [-0.25, -0.2) is 0 Å². The van der Waals surface area contributed by atoms with Crippen LogP contribution in [-0.2, 0) is 4.84 Å². The highest BCUT2D eigenvalue weighted by atomic mass is 35.5. The molecular formula is C9H10ClF3N2O2. The quantitative estimate of drug-likeness (QED) is 0.652. The minimum Gasteiger partial charge on any atom is -0.482 e. The Morgan fingerprint density at radius 1 is 1.41 bits per heavy atom. The first-order valence-electron chi connectivity index (χ1n) is 4.41. The van der Waals surface area contributed by atoms with Gasteiger partial charge in [0.2, 0.25) is 0 Å². The lowest BCUT2D eigenvalue weighted by Crippen LogP contribution is -2.19. The van der Waals surface area contributed by atoms with E-state index in [4.69, 9.17) is 17.3 Å². The Morgan fingerprint density at radius 3 is 2.59 bits per heavy atom. The van der Waals surface area contributed by atoms with Crippen molar-refractivity contribution >= 4 is 23.0 Å². The van der Waals surface area contributed by atoms with E-state index in [1.165, 1.54) is 19.2 Å². The molecule has 0 radical (unpaired) electrons. The largest absolute Gasteiger partial charge is 0.482 e. The molecule has 0 aromatic heterocycles. The van der Waals surface area contributed by atoms with Crippen LogP contribution in [0, 0.1) is 0 Å². The molecule has 0 aliphatic carbocycles. The van der Waals surface area contributed by atoms with E-state index >= 15 is 0 Å². The highest BCUT2D eigenvalue weighted by molar-refractivity contribution is 6.33. The SMILES string of the molecule is CONc1cc(OCC(F)(F)F)c(N)cc1Cl. The lowest BCUT2D eigenvalue weighted by molar-refractivity contribution is -0.153. The zero-order valence-electron chi connectivity index (χ0n) is 8.77. The maximum absolute atomic E-state index is 12.0. The van der Waals surface area contributed by atoms with Gasteiger partial charge in [-0.3, -0.25) is 10.3 Å². The van der Waals surface area contributed by atoms with Gasteiger partial charge in [0.15, 0.2) is 6.61 Å². The van der Waals surface area contributed by atoms with Crippen molar-refractivity contribution in [2.24, 2.45) is 0 Å². The van der Waals surface area contributed by atoms with Gasteiger partial charge in [0.1, 0.15) is 5.75 Å². The third kappa shape index (κ3) is 4.20. The summed E-state index contributed by atoms with van der Waals surface area (Å²) in [6.07, 6.45) is -4.43. The molecule has 0 saturated heterocycles. The van der Waals surface area contributed by atoms with Crippen molar-refractivity contribution in [1.29, 1.82) is 0 Å². The van der Waals surface area contributed by atoms with Gasteiger partial charge < -0.3 is 10.5 Å². The third-order valence-corrected chi connectivity index (χ3v) is 2.02. The molecule has 8 heteroatoms. The zero-order valence-corrected chi connectivity index (χ0v) is 9.52. The fourth-order valence-electron chi connectivity index (χ4n) is 1.04. The van der Waals surface area contributed by atoms with Crippen molar-refractivity contribution in [1.82, 2.24) is 0 Å². The fraction of sp³-hybridized carbons (Fsp3) is 0.333. The van der Waals surface area contributed by atoms with Gasteiger partial charge >= 0.3 is 6.18 Å². The number of halogens is 4. The number of rotatable bonds is 4. The van der Waals surface area contributed by atoms with Crippen molar-refractivity contribution in [3.63, 3.8) is 0 Å². The lowest BCUT2D eigenvalue weighted by atomic mass is 10.2. The molecule has 96 valence electrons. The van der Waals surface area contributed by atoms with Crippen LogP contribution in [0.3, 0.4) is 0 Å². The fourth-order valence-corrected chi connectivity index (χ4v) is 1.25. The Kier molecular flexibility index (Phi) is 4.30. The van der Waals surface area contributed by atoms with Gasteiger partial charge in [-0.2, -0.15) is 13.2 Å². The predicted octanol–water partition coefficient (Wildman–Crippen LogP) is 2.84. The molecule has 1 rings (SSSR count). The third-order valence-electron chi connectivity index (χ3n) is 1.70.